The van der Waals surface area contributed by atoms with Gasteiger partial charge in [-0.3, -0.25) is 9.97 Å². The fourth-order valence-corrected chi connectivity index (χ4v) is 4.57. The Morgan fingerprint density at radius 2 is 1.89 bits per heavy atom. The van der Waals surface area contributed by atoms with Crippen molar-refractivity contribution in [3.05, 3.63) is 71.0 Å². The number of rotatable bonds is 5. The number of phenols is 1. The maximum atomic E-state index is 12.4. The lowest BCUT2D eigenvalue weighted by molar-refractivity contribution is 0.0233. The number of nitrogen functional groups attached to an aromatic ring is 1. The summed E-state index contributed by atoms with van der Waals surface area (Å²) >= 11 is 7.82. The number of carbonyl (C=O) groups excluding carboxylic acids is 1. The number of aromatic nitrogens is 2. The number of phenolic OH excluding ortho intramolecular Hbond substituents is 1. The number of ether oxygens (including phenoxy) is 1. The van der Waals surface area contributed by atoms with Crippen molar-refractivity contribution < 1.29 is 23.4 Å². The first-order valence-corrected chi connectivity index (χ1v) is 13.0. The highest BCUT2D eigenvalue weighted by atomic mass is 35.5. The normalized spacial score (nSPS) is 11.1. The number of halogens is 3. The molecule has 38 heavy (non-hydrogen) atoms. The van der Waals surface area contributed by atoms with Gasteiger partial charge in [-0.2, -0.15) is 4.39 Å². The molecule has 0 atom stereocenters. The van der Waals surface area contributed by atoms with Crippen LogP contribution in [0.5, 0.6) is 5.75 Å². The smallest absolute Gasteiger partial charge is 0.410 e. The molecule has 202 valence electrons. The number of fused-ring (bicyclic) bond motifs is 1. The second kappa shape index (κ2) is 12.4. The summed E-state index contributed by atoms with van der Waals surface area (Å²) < 4.78 is 31.1. The van der Waals surface area contributed by atoms with Gasteiger partial charge in [0, 0.05) is 18.9 Å². The van der Waals surface area contributed by atoms with Gasteiger partial charge in [0.15, 0.2) is 11.6 Å². The highest BCUT2D eigenvalue weighted by Gasteiger charge is 2.22. The molecule has 0 spiro atoms. The fourth-order valence-electron chi connectivity index (χ4n) is 3.30. The Morgan fingerprint density at radius 3 is 2.47 bits per heavy atom. The molecule has 0 aliphatic carbocycles. The van der Waals surface area contributed by atoms with Gasteiger partial charge in [0.05, 0.1) is 38.0 Å². The standard InChI is InChI=1S/C21H24ClN3O2S.C6H5F2NO/c1-5-10-25(20(26)27-21(2,3)4)13-14-6-7-16(24-12-14)18-11-17-19(28-18)15(22)8-9-23-17;7-5-3(9)1-2-4(10)6(5)8/h6-9,11-12H,5,10,13H2,1-4H3;1-2,10H,9H2. The molecule has 3 aromatic heterocycles. The van der Waals surface area contributed by atoms with Crippen LogP contribution in [0.25, 0.3) is 20.8 Å². The number of pyridine rings is 2. The molecule has 4 aromatic rings. The van der Waals surface area contributed by atoms with Crippen molar-refractivity contribution in [1.29, 1.82) is 0 Å². The number of hydrogen-bond acceptors (Lipinski definition) is 7. The van der Waals surface area contributed by atoms with Gasteiger partial charge in [-0.15, -0.1) is 11.3 Å². The number of benzene rings is 1. The summed E-state index contributed by atoms with van der Waals surface area (Å²) in [6.45, 7) is 8.76. The van der Waals surface area contributed by atoms with Crippen LogP contribution in [0.3, 0.4) is 0 Å². The number of carbonyl (C=O) groups is 1. The van der Waals surface area contributed by atoms with Gasteiger partial charge in [0.2, 0.25) is 5.82 Å². The van der Waals surface area contributed by atoms with E-state index in [9.17, 15) is 13.6 Å². The van der Waals surface area contributed by atoms with Gasteiger partial charge in [0.1, 0.15) is 5.60 Å². The lowest BCUT2D eigenvalue weighted by Gasteiger charge is -2.27. The molecular formula is C27H29ClF2N4O3S. The topological polar surface area (TPSA) is 102 Å². The summed E-state index contributed by atoms with van der Waals surface area (Å²) in [5.74, 6) is -3.24. The zero-order valence-electron chi connectivity index (χ0n) is 21.5. The summed E-state index contributed by atoms with van der Waals surface area (Å²) in [4.78, 5) is 24.1. The summed E-state index contributed by atoms with van der Waals surface area (Å²) in [5, 5.41) is 9.25. The molecule has 0 saturated heterocycles. The Balaban J connectivity index is 0.000000336. The third kappa shape index (κ3) is 7.52. The molecule has 0 fully saturated rings. The predicted molar refractivity (Wildman–Crippen MR) is 147 cm³/mol. The number of nitrogens with two attached hydrogens (primary N) is 1. The Hall–Kier alpha value is -3.50. The molecule has 1 amide bonds. The second-order valence-corrected chi connectivity index (χ2v) is 10.8. The van der Waals surface area contributed by atoms with E-state index >= 15 is 0 Å². The summed E-state index contributed by atoms with van der Waals surface area (Å²) in [7, 11) is 0. The molecule has 0 unspecified atom stereocenters. The molecule has 0 saturated carbocycles. The maximum Gasteiger partial charge on any atom is 0.410 e. The molecule has 7 nitrogen and oxygen atoms in total. The number of nitrogens with zero attached hydrogens (tertiary/aromatic N) is 3. The van der Waals surface area contributed by atoms with Crippen LogP contribution in [0.15, 0.2) is 48.8 Å². The molecular weight excluding hydrogens is 534 g/mol. The minimum atomic E-state index is -1.31. The van der Waals surface area contributed by atoms with E-state index in [1.54, 1.807) is 28.5 Å². The van der Waals surface area contributed by atoms with Crippen LogP contribution < -0.4 is 5.73 Å². The number of anilines is 1. The van der Waals surface area contributed by atoms with Crippen molar-refractivity contribution in [3.8, 4) is 16.3 Å². The molecule has 11 heteroatoms. The van der Waals surface area contributed by atoms with Crippen molar-refractivity contribution in [3.63, 3.8) is 0 Å². The number of aromatic hydroxyl groups is 1. The minimum absolute atomic E-state index is 0.302. The van der Waals surface area contributed by atoms with Crippen molar-refractivity contribution in [2.24, 2.45) is 0 Å². The Bertz CT molecular complexity index is 1380. The van der Waals surface area contributed by atoms with Gasteiger partial charge >= 0.3 is 6.09 Å². The first-order chi connectivity index (χ1) is 17.9. The van der Waals surface area contributed by atoms with Crippen molar-refractivity contribution in [2.75, 3.05) is 12.3 Å². The summed E-state index contributed by atoms with van der Waals surface area (Å²) in [5.41, 5.74) is 6.84. The quantitative estimate of drug-likeness (QED) is 0.194. The molecule has 1 aromatic carbocycles. The van der Waals surface area contributed by atoms with Crippen LogP contribution in [0.4, 0.5) is 19.3 Å². The van der Waals surface area contributed by atoms with E-state index in [1.807, 2.05) is 52.1 Å². The zero-order valence-corrected chi connectivity index (χ0v) is 23.0. The van der Waals surface area contributed by atoms with Crippen LogP contribution in [0.2, 0.25) is 5.02 Å². The molecule has 0 aliphatic heterocycles. The highest BCUT2D eigenvalue weighted by Crippen LogP contribution is 2.35. The van der Waals surface area contributed by atoms with E-state index in [0.29, 0.717) is 18.1 Å². The van der Waals surface area contributed by atoms with Crippen LogP contribution in [-0.4, -0.2) is 38.2 Å². The van der Waals surface area contributed by atoms with Crippen molar-refractivity contribution >= 4 is 44.9 Å². The Morgan fingerprint density at radius 1 is 1.16 bits per heavy atom. The average Bonchev–Trinajstić information content (AvgIpc) is 3.30. The van der Waals surface area contributed by atoms with E-state index in [0.717, 1.165) is 44.9 Å². The average molecular weight is 563 g/mol. The van der Waals surface area contributed by atoms with E-state index in [-0.39, 0.29) is 11.8 Å². The van der Waals surface area contributed by atoms with E-state index in [1.165, 1.54) is 0 Å². The van der Waals surface area contributed by atoms with Crippen molar-refractivity contribution in [1.82, 2.24) is 14.9 Å². The third-order valence-electron chi connectivity index (χ3n) is 5.05. The highest BCUT2D eigenvalue weighted by molar-refractivity contribution is 7.22. The maximum absolute atomic E-state index is 12.4. The predicted octanol–water partition coefficient (Wildman–Crippen LogP) is 7.41. The van der Waals surface area contributed by atoms with Crippen LogP contribution in [0.1, 0.15) is 39.7 Å². The van der Waals surface area contributed by atoms with Gasteiger partial charge in [-0.25, -0.2) is 9.18 Å². The SMILES string of the molecule is CCCN(Cc1ccc(-c2cc3nccc(Cl)c3s2)nc1)C(=O)OC(C)(C)C.Nc1ccc(O)c(F)c1F. The van der Waals surface area contributed by atoms with Gasteiger partial charge in [0.25, 0.3) is 0 Å². The van der Waals surface area contributed by atoms with Crippen molar-refractivity contribution in [2.45, 2.75) is 46.3 Å². The third-order valence-corrected chi connectivity index (χ3v) is 6.66. The van der Waals surface area contributed by atoms with Crippen LogP contribution in [0, 0.1) is 11.6 Å². The Kier molecular flexibility index (Phi) is 9.45. The summed E-state index contributed by atoms with van der Waals surface area (Å²) in [6, 6.07) is 9.83. The zero-order chi connectivity index (χ0) is 28.0. The number of amides is 1. The number of thiophene rings is 1. The first-order valence-electron chi connectivity index (χ1n) is 11.8. The molecule has 3 N–H and O–H groups in total. The van der Waals surface area contributed by atoms with E-state index < -0.39 is 23.0 Å². The van der Waals surface area contributed by atoms with Gasteiger partial charge < -0.3 is 20.5 Å². The number of hydrogen-bond donors (Lipinski definition) is 2. The van der Waals surface area contributed by atoms with Gasteiger partial charge in [-0.1, -0.05) is 24.6 Å². The monoisotopic (exact) mass is 562 g/mol. The van der Waals surface area contributed by atoms with Crippen LogP contribution in [-0.2, 0) is 11.3 Å². The van der Waals surface area contributed by atoms with E-state index in [4.69, 9.17) is 27.2 Å². The summed E-state index contributed by atoms with van der Waals surface area (Å²) in [6.07, 6.45) is 4.07. The first kappa shape index (κ1) is 29.1. The minimum Gasteiger partial charge on any atom is -0.505 e. The van der Waals surface area contributed by atoms with Crippen LogP contribution >= 0.6 is 22.9 Å². The van der Waals surface area contributed by atoms with Gasteiger partial charge in [-0.05, 0) is 63.1 Å². The second-order valence-electron chi connectivity index (χ2n) is 9.37. The molecule has 0 aliphatic rings. The largest absolute Gasteiger partial charge is 0.505 e. The molecule has 0 radical (unpaired) electrons. The molecule has 3 heterocycles. The lowest BCUT2D eigenvalue weighted by atomic mass is 10.2. The lowest BCUT2D eigenvalue weighted by Crippen LogP contribution is -2.36. The Labute approximate surface area is 228 Å². The van der Waals surface area contributed by atoms with E-state index in [2.05, 4.69) is 9.97 Å². The fraction of sp³-hybridized carbons (Fsp3) is 0.296. The molecule has 0 bridgehead atoms. The molecule has 4 rings (SSSR count).